The maximum atomic E-state index is 12.2. The molecule has 0 radical (unpaired) electrons. The fraction of sp³-hybridized carbons (Fsp3) is 0.533. The predicted molar refractivity (Wildman–Crippen MR) is 85.3 cm³/mol. The maximum Gasteiger partial charge on any atom is 0.235 e. The van der Waals surface area contributed by atoms with E-state index in [9.17, 15) is 4.79 Å². The molecular weight excluding hydrogens is 294 g/mol. The van der Waals surface area contributed by atoms with E-state index in [0.717, 1.165) is 30.7 Å². The van der Waals surface area contributed by atoms with Crippen LogP contribution in [0.3, 0.4) is 0 Å². The monoisotopic (exact) mass is 315 g/mol. The number of aliphatic hydroxyl groups is 1. The highest BCUT2D eigenvalue weighted by Gasteiger charge is 2.18. The summed E-state index contributed by atoms with van der Waals surface area (Å²) < 4.78 is 0. The topological polar surface area (TPSA) is 40.5 Å². The Morgan fingerprint density at radius 3 is 2.55 bits per heavy atom. The van der Waals surface area contributed by atoms with Crippen LogP contribution < -0.4 is 0 Å². The van der Waals surface area contributed by atoms with Crippen molar-refractivity contribution in [1.82, 2.24) is 4.90 Å². The molecule has 0 saturated carbocycles. The molecule has 0 spiro atoms. The first-order chi connectivity index (χ1) is 9.54. The van der Waals surface area contributed by atoms with E-state index >= 15 is 0 Å². The molecule has 1 amide bonds. The standard InChI is InChI=1S/C15H22ClNO2S/c1-12(20-14-8-6-13(16)7-9-14)15(19)17(2)10-4-3-5-11-18/h6-9,12,18H,3-5,10-11H2,1-2H3. The van der Waals surface area contributed by atoms with Crippen molar-refractivity contribution in [2.45, 2.75) is 36.3 Å². The Hall–Kier alpha value is -0.710. The van der Waals surface area contributed by atoms with Crippen LogP contribution in [0.4, 0.5) is 0 Å². The molecule has 1 N–H and O–H groups in total. The molecule has 0 aliphatic carbocycles. The second-order valence-electron chi connectivity index (χ2n) is 4.76. The van der Waals surface area contributed by atoms with Gasteiger partial charge in [-0.3, -0.25) is 4.79 Å². The van der Waals surface area contributed by atoms with Crippen molar-refractivity contribution in [3.8, 4) is 0 Å². The fourth-order valence-corrected chi connectivity index (χ4v) is 2.93. The highest BCUT2D eigenvalue weighted by atomic mass is 35.5. The van der Waals surface area contributed by atoms with Crippen molar-refractivity contribution >= 4 is 29.3 Å². The third-order valence-electron chi connectivity index (χ3n) is 3.00. The van der Waals surface area contributed by atoms with Gasteiger partial charge in [0.25, 0.3) is 0 Å². The van der Waals surface area contributed by atoms with E-state index in [1.165, 1.54) is 0 Å². The quantitative estimate of drug-likeness (QED) is 0.590. The molecule has 0 aliphatic rings. The summed E-state index contributed by atoms with van der Waals surface area (Å²) >= 11 is 7.38. The van der Waals surface area contributed by atoms with Gasteiger partial charge in [-0.1, -0.05) is 11.6 Å². The van der Waals surface area contributed by atoms with Crippen molar-refractivity contribution in [2.24, 2.45) is 0 Å². The van der Waals surface area contributed by atoms with Crippen molar-refractivity contribution in [3.05, 3.63) is 29.3 Å². The Labute approximate surface area is 130 Å². The molecule has 112 valence electrons. The minimum Gasteiger partial charge on any atom is -0.396 e. The highest BCUT2D eigenvalue weighted by Crippen LogP contribution is 2.25. The van der Waals surface area contributed by atoms with Gasteiger partial charge in [0, 0.05) is 30.1 Å². The van der Waals surface area contributed by atoms with Crippen molar-refractivity contribution in [2.75, 3.05) is 20.2 Å². The molecule has 0 saturated heterocycles. The van der Waals surface area contributed by atoms with Gasteiger partial charge in [0.1, 0.15) is 0 Å². The summed E-state index contributed by atoms with van der Waals surface area (Å²) in [5, 5.41) is 9.31. The first-order valence-corrected chi connectivity index (χ1v) is 8.08. The summed E-state index contributed by atoms with van der Waals surface area (Å²) in [5.41, 5.74) is 0. The second kappa shape index (κ2) is 9.27. The number of carbonyl (C=O) groups is 1. The van der Waals surface area contributed by atoms with Crippen molar-refractivity contribution in [3.63, 3.8) is 0 Å². The van der Waals surface area contributed by atoms with Gasteiger partial charge in [-0.15, -0.1) is 11.8 Å². The number of benzene rings is 1. The number of rotatable bonds is 8. The molecule has 1 rings (SSSR count). The summed E-state index contributed by atoms with van der Waals surface area (Å²) in [5.74, 6) is 0.133. The van der Waals surface area contributed by atoms with Gasteiger partial charge in [-0.2, -0.15) is 0 Å². The molecule has 20 heavy (non-hydrogen) atoms. The molecule has 5 heteroatoms. The molecule has 0 aromatic heterocycles. The number of halogens is 1. The number of carbonyl (C=O) groups excluding carboxylic acids is 1. The third-order valence-corrected chi connectivity index (χ3v) is 4.35. The van der Waals surface area contributed by atoms with Gasteiger partial charge in [0.2, 0.25) is 5.91 Å². The van der Waals surface area contributed by atoms with Crippen LogP contribution in [-0.4, -0.2) is 41.4 Å². The molecule has 0 bridgehead atoms. The van der Waals surface area contributed by atoms with E-state index in [0.29, 0.717) is 5.02 Å². The van der Waals surface area contributed by atoms with Gasteiger partial charge in [-0.25, -0.2) is 0 Å². The molecule has 1 unspecified atom stereocenters. The Bertz CT molecular complexity index is 411. The zero-order valence-corrected chi connectivity index (χ0v) is 13.6. The lowest BCUT2D eigenvalue weighted by Crippen LogP contribution is -2.33. The van der Waals surface area contributed by atoms with E-state index in [-0.39, 0.29) is 17.8 Å². The van der Waals surface area contributed by atoms with E-state index in [4.69, 9.17) is 16.7 Å². The van der Waals surface area contributed by atoms with Crippen LogP contribution in [0.1, 0.15) is 26.2 Å². The molecular formula is C15H22ClNO2S. The summed E-state index contributed by atoms with van der Waals surface area (Å²) in [7, 11) is 1.83. The van der Waals surface area contributed by atoms with Gasteiger partial charge in [0.05, 0.1) is 5.25 Å². The molecule has 0 fully saturated rings. The molecule has 0 heterocycles. The first kappa shape index (κ1) is 17.3. The van der Waals surface area contributed by atoms with E-state index < -0.39 is 0 Å². The van der Waals surface area contributed by atoms with Crippen LogP contribution >= 0.6 is 23.4 Å². The number of amides is 1. The third kappa shape index (κ3) is 6.16. The summed E-state index contributed by atoms with van der Waals surface area (Å²) in [6, 6.07) is 7.52. The largest absolute Gasteiger partial charge is 0.396 e. The molecule has 1 atom stereocenters. The fourth-order valence-electron chi connectivity index (χ4n) is 1.83. The number of hydrogen-bond donors (Lipinski definition) is 1. The smallest absolute Gasteiger partial charge is 0.235 e. The summed E-state index contributed by atoms with van der Waals surface area (Å²) in [4.78, 5) is 15.0. The minimum atomic E-state index is -0.112. The zero-order valence-electron chi connectivity index (χ0n) is 12.0. The average molecular weight is 316 g/mol. The highest BCUT2D eigenvalue weighted by molar-refractivity contribution is 8.00. The molecule has 1 aromatic rings. The lowest BCUT2D eigenvalue weighted by Gasteiger charge is -2.21. The van der Waals surface area contributed by atoms with Gasteiger partial charge in [-0.05, 0) is 50.5 Å². The predicted octanol–water partition coefficient (Wildman–Crippen LogP) is 3.44. The maximum absolute atomic E-state index is 12.2. The van der Waals surface area contributed by atoms with Crippen molar-refractivity contribution < 1.29 is 9.90 Å². The average Bonchev–Trinajstić information content (AvgIpc) is 2.45. The minimum absolute atomic E-state index is 0.112. The Balaban J connectivity index is 2.39. The van der Waals surface area contributed by atoms with Crippen LogP contribution in [0.5, 0.6) is 0 Å². The lowest BCUT2D eigenvalue weighted by molar-refractivity contribution is -0.129. The first-order valence-electron chi connectivity index (χ1n) is 6.82. The lowest BCUT2D eigenvalue weighted by atomic mass is 10.2. The van der Waals surface area contributed by atoms with Crippen LogP contribution in [0, 0.1) is 0 Å². The Morgan fingerprint density at radius 1 is 1.30 bits per heavy atom. The molecule has 1 aromatic carbocycles. The van der Waals surface area contributed by atoms with E-state index in [2.05, 4.69) is 0 Å². The van der Waals surface area contributed by atoms with E-state index in [1.807, 2.05) is 38.2 Å². The van der Waals surface area contributed by atoms with Gasteiger partial charge >= 0.3 is 0 Å². The zero-order chi connectivity index (χ0) is 15.0. The number of unbranched alkanes of at least 4 members (excludes halogenated alkanes) is 2. The number of aliphatic hydroxyl groups excluding tert-OH is 1. The Kier molecular flexibility index (Phi) is 8.04. The van der Waals surface area contributed by atoms with Crippen LogP contribution in [0.2, 0.25) is 5.02 Å². The van der Waals surface area contributed by atoms with Gasteiger partial charge < -0.3 is 10.0 Å². The second-order valence-corrected chi connectivity index (χ2v) is 6.61. The molecule has 0 aliphatic heterocycles. The number of hydrogen-bond acceptors (Lipinski definition) is 3. The van der Waals surface area contributed by atoms with Crippen LogP contribution in [0.25, 0.3) is 0 Å². The Morgan fingerprint density at radius 2 is 1.95 bits per heavy atom. The number of nitrogens with zero attached hydrogens (tertiary/aromatic N) is 1. The van der Waals surface area contributed by atoms with Crippen LogP contribution in [0.15, 0.2) is 29.2 Å². The normalized spacial score (nSPS) is 12.2. The summed E-state index contributed by atoms with van der Waals surface area (Å²) in [6.07, 6.45) is 2.69. The van der Waals surface area contributed by atoms with E-state index in [1.54, 1.807) is 16.7 Å². The molecule has 3 nitrogen and oxygen atoms in total. The number of thioether (sulfide) groups is 1. The van der Waals surface area contributed by atoms with Gasteiger partial charge in [0.15, 0.2) is 0 Å². The summed E-state index contributed by atoms with van der Waals surface area (Å²) in [6.45, 7) is 2.89. The van der Waals surface area contributed by atoms with Crippen molar-refractivity contribution in [1.29, 1.82) is 0 Å². The SMILES string of the molecule is CC(Sc1ccc(Cl)cc1)C(=O)N(C)CCCCCO. The van der Waals surface area contributed by atoms with Crippen LogP contribution in [-0.2, 0) is 4.79 Å².